The minimum Gasteiger partial charge on any atom is -0.426 e. The van der Waals surface area contributed by atoms with E-state index < -0.39 is 0 Å². The predicted molar refractivity (Wildman–Crippen MR) is 81.7 cm³/mol. The average Bonchev–Trinajstić information content (AvgIpc) is 2.55. The van der Waals surface area contributed by atoms with E-state index in [1.54, 1.807) is 24.3 Å². The Morgan fingerprint density at radius 3 is 2.10 bits per heavy atom. The third kappa shape index (κ3) is 3.70. The van der Waals surface area contributed by atoms with Gasteiger partial charge in [-0.15, -0.1) is 0 Å². The first kappa shape index (κ1) is 14.8. The Bertz CT molecular complexity index is 651. The summed E-state index contributed by atoms with van der Waals surface area (Å²) < 4.78 is 5.31. The fourth-order valence-corrected chi connectivity index (χ4v) is 1.84. The molecule has 106 valence electrons. The first-order chi connectivity index (χ1) is 10.1. The van der Waals surface area contributed by atoms with Gasteiger partial charge in [0.15, 0.2) is 0 Å². The highest BCUT2D eigenvalue weighted by Gasteiger charge is 2.12. The van der Waals surface area contributed by atoms with E-state index in [-0.39, 0.29) is 11.9 Å². The molecule has 0 amide bonds. The maximum atomic E-state index is 11.7. The third-order valence-corrected chi connectivity index (χ3v) is 3.43. The minimum atomic E-state index is -0.205. The molecule has 0 aromatic heterocycles. The summed E-state index contributed by atoms with van der Waals surface area (Å²) in [5, 5.41) is 8.79. The van der Waals surface area contributed by atoms with Gasteiger partial charge < -0.3 is 4.74 Å². The predicted octanol–water partition coefficient (Wildman–Crippen LogP) is 4.18. The zero-order valence-corrected chi connectivity index (χ0v) is 12.2. The lowest BCUT2D eigenvalue weighted by molar-refractivity contribution is -0.138. The van der Waals surface area contributed by atoms with Gasteiger partial charge in [0.1, 0.15) is 5.75 Å². The lowest BCUT2D eigenvalue weighted by Crippen LogP contribution is -2.16. The van der Waals surface area contributed by atoms with Crippen molar-refractivity contribution in [3.8, 4) is 22.9 Å². The first-order valence-electron chi connectivity index (χ1n) is 6.96. The van der Waals surface area contributed by atoms with Gasteiger partial charge in [-0.05, 0) is 41.8 Å². The van der Waals surface area contributed by atoms with Crippen LogP contribution in [0.4, 0.5) is 0 Å². The highest BCUT2D eigenvalue weighted by atomic mass is 16.5. The van der Waals surface area contributed by atoms with Crippen LogP contribution in [0.2, 0.25) is 0 Å². The van der Waals surface area contributed by atoms with Gasteiger partial charge in [0.05, 0.1) is 17.6 Å². The Morgan fingerprint density at radius 2 is 1.62 bits per heavy atom. The molecule has 0 N–H and O–H groups in total. The van der Waals surface area contributed by atoms with Gasteiger partial charge in [-0.25, -0.2) is 0 Å². The third-order valence-electron chi connectivity index (χ3n) is 3.43. The van der Waals surface area contributed by atoms with E-state index in [1.165, 1.54) is 0 Å². The highest BCUT2D eigenvalue weighted by Crippen LogP contribution is 2.23. The summed E-state index contributed by atoms with van der Waals surface area (Å²) in [7, 11) is 0. The molecule has 2 rings (SSSR count). The molecule has 0 aliphatic heterocycles. The Hall–Kier alpha value is -2.60. The van der Waals surface area contributed by atoms with Gasteiger partial charge in [-0.3, -0.25) is 4.79 Å². The maximum Gasteiger partial charge on any atom is 0.314 e. The number of esters is 1. The monoisotopic (exact) mass is 279 g/mol. The van der Waals surface area contributed by atoms with Crippen molar-refractivity contribution in [1.29, 1.82) is 5.26 Å². The average molecular weight is 279 g/mol. The quantitative estimate of drug-likeness (QED) is 0.623. The molecule has 0 saturated carbocycles. The van der Waals surface area contributed by atoms with Crippen LogP contribution in [-0.4, -0.2) is 5.97 Å². The lowest BCUT2D eigenvalue weighted by Gasteiger charge is -2.09. The maximum absolute atomic E-state index is 11.7. The van der Waals surface area contributed by atoms with Gasteiger partial charge in [0, 0.05) is 0 Å². The first-order valence-corrected chi connectivity index (χ1v) is 6.96. The number of hydrogen-bond acceptors (Lipinski definition) is 3. The molecule has 2 aromatic carbocycles. The Kier molecular flexibility index (Phi) is 4.73. The molecule has 2 aromatic rings. The second-order valence-corrected chi connectivity index (χ2v) is 4.94. The molecule has 1 unspecified atom stereocenters. The number of nitrogens with zero attached hydrogens (tertiary/aromatic N) is 1. The summed E-state index contributed by atoms with van der Waals surface area (Å²) in [4.78, 5) is 11.7. The molecule has 0 aliphatic rings. The standard InChI is InChI=1S/C18H17NO2/c1-3-13(2)18(20)21-17-10-8-16(9-11-17)15-6-4-14(12-19)5-7-15/h4-11,13H,3H2,1-2H3. The normalized spacial score (nSPS) is 11.5. The van der Waals surface area contributed by atoms with E-state index in [2.05, 4.69) is 6.07 Å². The Balaban J connectivity index is 2.11. The smallest absolute Gasteiger partial charge is 0.314 e. The lowest BCUT2D eigenvalue weighted by atomic mass is 10.0. The SMILES string of the molecule is CCC(C)C(=O)Oc1ccc(-c2ccc(C#N)cc2)cc1. The van der Waals surface area contributed by atoms with Crippen molar-refractivity contribution in [2.45, 2.75) is 20.3 Å². The van der Waals surface area contributed by atoms with Crippen LogP contribution in [-0.2, 0) is 4.79 Å². The molecule has 0 aliphatic carbocycles. The fraction of sp³-hybridized carbons (Fsp3) is 0.222. The van der Waals surface area contributed by atoms with Crippen molar-refractivity contribution in [3.63, 3.8) is 0 Å². The van der Waals surface area contributed by atoms with E-state index in [0.29, 0.717) is 11.3 Å². The van der Waals surface area contributed by atoms with Gasteiger partial charge >= 0.3 is 5.97 Å². The van der Waals surface area contributed by atoms with Crippen molar-refractivity contribution in [2.24, 2.45) is 5.92 Å². The van der Waals surface area contributed by atoms with Gasteiger partial charge in [0.25, 0.3) is 0 Å². The van der Waals surface area contributed by atoms with Crippen LogP contribution < -0.4 is 4.74 Å². The Morgan fingerprint density at radius 1 is 1.10 bits per heavy atom. The summed E-state index contributed by atoms with van der Waals surface area (Å²) in [6, 6.07) is 16.8. The molecular weight excluding hydrogens is 262 g/mol. The van der Waals surface area contributed by atoms with Gasteiger partial charge in [-0.2, -0.15) is 5.26 Å². The number of ether oxygens (including phenoxy) is 1. The zero-order valence-electron chi connectivity index (χ0n) is 12.2. The van der Waals surface area contributed by atoms with Crippen molar-refractivity contribution in [1.82, 2.24) is 0 Å². The van der Waals surface area contributed by atoms with Crippen molar-refractivity contribution >= 4 is 5.97 Å². The molecule has 0 fully saturated rings. The zero-order chi connectivity index (χ0) is 15.2. The molecule has 3 heteroatoms. The van der Waals surface area contributed by atoms with Crippen LogP contribution in [0.25, 0.3) is 11.1 Å². The van der Waals surface area contributed by atoms with Gasteiger partial charge in [0.2, 0.25) is 0 Å². The number of nitriles is 1. The van der Waals surface area contributed by atoms with Crippen LogP contribution in [0.1, 0.15) is 25.8 Å². The van der Waals surface area contributed by atoms with E-state index in [4.69, 9.17) is 10.00 Å². The van der Waals surface area contributed by atoms with Crippen molar-refractivity contribution < 1.29 is 9.53 Å². The molecule has 21 heavy (non-hydrogen) atoms. The topological polar surface area (TPSA) is 50.1 Å². The summed E-state index contributed by atoms with van der Waals surface area (Å²) in [5.74, 6) is 0.254. The molecule has 0 radical (unpaired) electrons. The van der Waals surface area contributed by atoms with Crippen molar-refractivity contribution in [3.05, 3.63) is 54.1 Å². The second kappa shape index (κ2) is 6.71. The van der Waals surface area contributed by atoms with Crippen LogP contribution in [0, 0.1) is 17.2 Å². The van der Waals surface area contributed by atoms with Gasteiger partial charge in [-0.1, -0.05) is 38.1 Å². The second-order valence-electron chi connectivity index (χ2n) is 4.94. The Labute approximate surface area is 124 Å². The molecular formula is C18H17NO2. The molecule has 3 nitrogen and oxygen atoms in total. The molecule has 0 bridgehead atoms. The summed E-state index contributed by atoms with van der Waals surface area (Å²) >= 11 is 0. The summed E-state index contributed by atoms with van der Waals surface area (Å²) in [6.45, 7) is 3.81. The van der Waals surface area contributed by atoms with Crippen LogP contribution in [0.15, 0.2) is 48.5 Å². The number of rotatable bonds is 4. The van der Waals surface area contributed by atoms with E-state index in [1.807, 2.05) is 38.1 Å². The summed E-state index contributed by atoms with van der Waals surface area (Å²) in [6.07, 6.45) is 0.766. The fourth-order valence-electron chi connectivity index (χ4n) is 1.84. The number of carbonyl (C=O) groups is 1. The largest absolute Gasteiger partial charge is 0.426 e. The molecule has 0 spiro atoms. The van der Waals surface area contributed by atoms with E-state index >= 15 is 0 Å². The highest BCUT2D eigenvalue weighted by molar-refractivity contribution is 5.75. The van der Waals surface area contributed by atoms with E-state index in [9.17, 15) is 4.79 Å². The summed E-state index contributed by atoms with van der Waals surface area (Å²) in [5.41, 5.74) is 2.68. The molecule has 1 atom stereocenters. The number of benzene rings is 2. The van der Waals surface area contributed by atoms with Crippen LogP contribution in [0.5, 0.6) is 5.75 Å². The molecule has 0 heterocycles. The van der Waals surface area contributed by atoms with E-state index in [0.717, 1.165) is 17.5 Å². The minimum absolute atomic E-state index is 0.0943. The number of hydrogen-bond donors (Lipinski definition) is 0. The van der Waals surface area contributed by atoms with Crippen molar-refractivity contribution in [2.75, 3.05) is 0 Å². The molecule has 0 saturated heterocycles. The van der Waals surface area contributed by atoms with Crippen LogP contribution >= 0.6 is 0 Å². The number of carbonyl (C=O) groups excluding carboxylic acids is 1. The van der Waals surface area contributed by atoms with Crippen LogP contribution in [0.3, 0.4) is 0 Å².